The number of hydrogen-bond donors (Lipinski definition) is 3. The summed E-state index contributed by atoms with van der Waals surface area (Å²) in [5.41, 5.74) is 11.6. The molecule has 0 radical (unpaired) electrons. The van der Waals surface area contributed by atoms with Crippen LogP contribution in [0.25, 0.3) is 0 Å². The van der Waals surface area contributed by atoms with Gasteiger partial charge in [0.15, 0.2) is 0 Å². The Bertz CT molecular complexity index is 455. The molecule has 0 aliphatic heterocycles. The molecule has 0 unspecified atom stereocenters. The highest BCUT2D eigenvalue weighted by Gasteiger charge is 2.25. The van der Waals surface area contributed by atoms with Gasteiger partial charge >= 0.3 is 0 Å². The molecule has 0 bridgehead atoms. The third kappa shape index (κ3) is 3.76. The summed E-state index contributed by atoms with van der Waals surface area (Å²) in [5, 5.41) is 2.68. The predicted molar refractivity (Wildman–Crippen MR) is 70.5 cm³/mol. The van der Waals surface area contributed by atoms with Gasteiger partial charge in [-0.3, -0.25) is 9.59 Å². The number of rotatable bonds is 5. The lowest BCUT2D eigenvalue weighted by Crippen LogP contribution is -2.42. The summed E-state index contributed by atoms with van der Waals surface area (Å²) in [7, 11) is 0. The molecule has 0 atom stereocenters. The van der Waals surface area contributed by atoms with E-state index in [1.165, 1.54) is 0 Å². The Labute approximate surface area is 107 Å². The first kappa shape index (κ1) is 14.0. The van der Waals surface area contributed by atoms with E-state index in [2.05, 4.69) is 5.32 Å². The molecular weight excluding hydrogens is 230 g/mol. The van der Waals surface area contributed by atoms with Gasteiger partial charge in [-0.05, 0) is 25.5 Å². The summed E-state index contributed by atoms with van der Waals surface area (Å²) in [4.78, 5) is 22.8. The summed E-state index contributed by atoms with van der Waals surface area (Å²) in [5.74, 6) is -0.621. The van der Waals surface area contributed by atoms with Crippen molar-refractivity contribution in [1.29, 1.82) is 0 Å². The molecule has 0 aliphatic rings. The van der Waals surface area contributed by atoms with Crippen LogP contribution in [0.5, 0.6) is 0 Å². The molecule has 1 rings (SSSR count). The number of para-hydroxylation sites is 1. The molecule has 98 valence electrons. The molecule has 1 aromatic rings. The second kappa shape index (κ2) is 5.53. The third-order valence-electron chi connectivity index (χ3n) is 2.80. The van der Waals surface area contributed by atoms with Crippen molar-refractivity contribution in [3.63, 3.8) is 0 Å². The molecule has 0 heterocycles. The molecular formula is C13H19N3O2. The third-order valence-corrected chi connectivity index (χ3v) is 2.80. The maximum absolute atomic E-state index is 11.7. The van der Waals surface area contributed by atoms with Crippen LogP contribution in [-0.2, 0) is 16.0 Å². The average molecular weight is 249 g/mol. The fourth-order valence-electron chi connectivity index (χ4n) is 1.34. The van der Waals surface area contributed by atoms with E-state index in [-0.39, 0.29) is 18.9 Å². The monoisotopic (exact) mass is 249 g/mol. The van der Waals surface area contributed by atoms with Crippen molar-refractivity contribution in [2.24, 2.45) is 11.1 Å². The molecule has 5 heteroatoms. The molecule has 0 saturated carbocycles. The maximum atomic E-state index is 11.7. The van der Waals surface area contributed by atoms with Gasteiger partial charge < -0.3 is 16.8 Å². The fraction of sp³-hybridized carbons (Fsp3) is 0.385. The second-order valence-corrected chi connectivity index (χ2v) is 4.90. The fourth-order valence-corrected chi connectivity index (χ4v) is 1.34. The van der Waals surface area contributed by atoms with Crippen LogP contribution in [-0.4, -0.2) is 18.4 Å². The minimum absolute atomic E-state index is 0.178. The van der Waals surface area contributed by atoms with E-state index in [1.54, 1.807) is 26.0 Å². The molecule has 0 fully saturated rings. The van der Waals surface area contributed by atoms with Gasteiger partial charge in [-0.15, -0.1) is 0 Å². The van der Waals surface area contributed by atoms with Crippen LogP contribution in [0.4, 0.5) is 5.69 Å². The molecule has 0 saturated heterocycles. The number of nitrogens with two attached hydrogens (primary N) is 2. The zero-order valence-corrected chi connectivity index (χ0v) is 10.7. The van der Waals surface area contributed by atoms with Crippen LogP contribution < -0.4 is 16.8 Å². The lowest BCUT2D eigenvalue weighted by molar-refractivity contribution is -0.126. The van der Waals surface area contributed by atoms with Crippen molar-refractivity contribution in [2.75, 3.05) is 12.3 Å². The van der Waals surface area contributed by atoms with Gasteiger partial charge in [-0.2, -0.15) is 0 Å². The van der Waals surface area contributed by atoms with Gasteiger partial charge in [0.05, 0.1) is 11.8 Å². The van der Waals surface area contributed by atoms with Gasteiger partial charge in [0.25, 0.3) is 0 Å². The van der Waals surface area contributed by atoms with Crippen molar-refractivity contribution in [3.8, 4) is 0 Å². The summed E-state index contributed by atoms with van der Waals surface area (Å²) in [6.45, 7) is 3.59. The Morgan fingerprint density at radius 3 is 2.44 bits per heavy atom. The van der Waals surface area contributed by atoms with Crippen molar-refractivity contribution in [1.82, 2.24) is 5.32 Å². The van der Waals surface area contributed by atoms with Gasteiger partial charge in [0, 0.05) is 12.2 Å². The highest BCUT2D eigenvalue weighted by atomic mass is 16.2. The van der Waals surface area contributed by atoms with Crippen LogP contribution in [0.1, 0.15) is 19.4 Å². The molecule has 5 N–H and O–H groups in total. The molecule has 5 nitrogen and oxygen atoms in total. The zero-order chi connectivity index (χ0) is 13.8. The first-order valence-electron chi connectivity index (χ1n) is 5.73. The van der Waals surface area contributed by atoms with E-state index in [0.717, 1.165) is 5.56 Å². The summed E-state index contributed by atoms with van der Waals surface area (Å²) < 4.78 is 0. The Balaban J connectivity index is 2.54. The normalized spacial score (nSPS) is 11.0. The highest BCUT2D eigenvalue weighted by molar-refractivity contribution is 5.83. The number of anilines is 1. The minimum Gasteiger partial charge on any atom is -0.398 e. The molecule has 2 amide bonds. The maximum Gasteiger partial charge on any atom is 0.224 e. The van der Waals surface area contributed by atoms with Crippen molar-refractivity contribution >= 4 is 17.5 Å². The lowest BCUT2D eigenvalue weighted by Gasteiger charge is -2.20. The Kier molecular flexibility index (Phi) is 4.31. The number of hydrogen-bond acceptors (Lipinski definition) is 3. The van der Waals surface area contributed by atoms with Crippen LogP contribution in [0, 0.1) is 5.41 Å². The number of nitrogen functional groups attached to an aromatic ring is 1. The van der Waals surface area contributed by atoms with E-state index >= 15 is 0 Å². The highest BCUT2D eigenvalue weighted by Crippen LogP contribution is 2.13. The Morgan fingerprint density at radius 1 is 1.28 bits per heavy atom. The van der Waals surface area contributed by atoms with Crippen molar-refractivity contribution < 1.29 is 9.59 Å². The van der Waals surface area contributed by atoms with Crippen molar-refractivity contribution in [2.45, 2.75) is 20.3 Å². The first-order chi connectivity index (χ1) is 8.33. The number of amides is 2. The van der Waals surface area contributed by atoms with E-state index in [4.69, 9.17) is 11.5 Å². The number of carbonyl (C=O) groups excluding carboxylic acids is 2. The van der Waals surface area contributed by atoms with Crippen molar-refractivity contribution in [3.05, 3.63) is 29.8 Å². The minimum atomic E-state index is -0.752. The van der Waals surface area contributed by atoms with E-state index in [1.807, 2.05) is 12.1 Å². The smallest absolute Gasteiger partial charge is 0.224 e. The number of carbonyl (C=O) groups is 2. The SMILES string of the molecule is CC(C)(CNC(=O)Cc1ccccc1N)C(N)=O. The molecule has 18 heavy (non-hydrogen) atoms. The lowest BCUT2D eigenvalue weighted by atomic mass is 9.92. The van der Waals surface area contributed by atoms with E-state index in [9.17, 15) is 9.59 Å². The van der Waals surface area contributed by atoms with Gasteiger partial charge in [-0.25, -0.2) is 0 Å². The number of primary amides is 1. The second-order valence-electron chi connectivity index (χ2n) is 4.90. The quantitative estimate of drug-likeness (QED) is 0.660. The summed E-state index contributed by atoms with van der Waals surface area (Å²) in [6.07, 6.45) is 0.196. The van der Waals surface area contributed by atoms with Crippen LogP contribution in [0.2, 0.25) is 0 Å². The standard InChI is InChI=1S/C13H19N3O2/c1-13(2,12(15)18)8-16-11(17)7-9-5-3-4-6-10(9)14/h3-6H,7-8,14H2,1-2H3,(H2,15,18)(H,16,17). The molecule has 1 aromatic carbocycles. The van der Waals surface area contributed by atoms with Crippen LogP contribution >= 0.6 is 0 Å². The average Bonchev–Trinajstić information content (AvgIpc) is 2.29. The van der Waals surface area contributed by atoms with E-state index in [0.29, 0.717) is 5.69 Å². The van der Waals surface area contributed by atoms with Crippen LogP contribution in [0.3, 0.4) is 0 Å². The number of nitrogens with one attached hydrogen (secondary N) is 1. The Morgan fingerprint density at radius 2 is 1.89 bits per heavy atom. The summed E-state index contributed by atoms with van der Waals surface area (Å²) in [6, 6.07) is 7.18. The van der Waals surface area contributed by atoms with Gasteiger partial charge in [-0.1, -0.05) is 18.2 Å². The van der Waals surface area contributed by atoms with Gasteiger partial charge in [0.2, 0.25) is 11.8 Å². The molecule has 0 aliphatic carbocycles. The molecule has 0 aromatic heterocycles. The first-order valence-corrected chi connectivity index (χ1v) is 5.73. The van der Waals surface area contributed by atoms with E-state index < -0.39 is 11.3 Å². The largest absolute Gasteiger partial charge is 0.398 e. The predicted octanol–water partition coefficient (Wildman–Crippen LogP) is 0.439. The van der Waals surface area contributed by atoms with Crippen LogP contribution in [0.15, 0.2) is 24.3 Å². The zero-order valence-electron chi connectivity index (χ0n) is 10.7. The molecule has 0 spiro atoms. The number of benzene rings is 1. The summed E-state index contributed by atoms with van der Waals surface area (Å²) >= 11 is 0. The Hall–Kier alpha value is -2.04. The topological polar surface area (TPSA) is 98.2 Å². The van der Waals surface area contributed by atoms with Gasteiger partial charge in [0.1, 0.15) is 0 Å².